The summed E-state index contributed by atoms with van der Waals surface area (Å²) in [7, 11) is 0. The molecule has 0 N–H and O–H groups in total. The Bertz CT molecular complexity index is 607. The molecule has 1 aromatic rings. The largest absolute Gasteiger partial charge is 0.300 e. The third-order valence-corrected chi connectivity index (χ3v) is 8.60. The minimum absolute atomic E-state index is 0.864. The molecule has 0 radical (unpaired) electrons. The summed E-state index contributed by atoms with van der Waals surface area (Å²) < 4.78 is 0. The minimum atomic E-state index is 0.864. The summed E-state index contributed by atoms with van der Waals surface area (Å²) in [5.74, 6) is 6.15. The summed E-state index contributed by atoms with van der Waals surface area (Å²) in [5.41, 5.74) is 3.36. The van der Waals surface area contributed by atoms with Crippen molar-refractivity contribution < 1.29 is 0 Å². The van der Waals surface area contributed by atoms with E-state index in [9.17, 15) is 0 Å². The molecule has 0 aromatic heterocycles. The first kappa shape index (κ1) is 14.4. The number of aryl methyl sites for hydroxylation is 1. The highest BCUT2D eigenvalue weighted by Gasteiger charge is 2.51. The van der Waals surface area contributed by atoms with Gasteiger partial charge in [-0.3, -0.25) is 4.90 Å². The van der Waals surface area contributed by atoms with Crippen molar-refractivity contribution >= 4 is 0 Å². The van der Waals surface area contributed by atoms with Crippen molar-refractivity contribution in [3.63, 3.8) is 0 Å². The molecule has 1 nitrogen and oxygen atoms in total. The zero-order valence-electron chi connectivity index (χ0n) is 14.9. The van der Waals surface area contributed by atoms with Gasteiger partial charge in [0.2, 0.25) is 0 Å². The van der Waals surface area contributed by atoms with E-state index in [1.807, 2.05) is 0 Å². The second-order valence-electron chi connectivity index (χ2n) is 9.81. The Kier molecular flexibility index (Phi) is 3.19. The normalized spacial score (nSPS) is 46.6. The van der Waals surface area contributed by atoms with Crippen LogP contribution >= 0.6 is 0 Å². The van der Waals surface area contributed by atoms with Crippen LogP contribution in [0.5, 0.6) is 0 Å². The quantitative estimate of drug-likeness (QED) is 0.714. The van der Waals surface area contributed by atoms with Crippen LogP contribution in [0.15, 0.2) is 24.3 Å². The first-order valence-electron chi connectivity index (χ1n) is 10.7. The number of benzene rings is 1. The van der Waals surface area contributed by atoms with E-state index in [1.165, 1.54) is 32.4 Å². The van der Waals surface area contributed by atoms with Gasteiger partial charge in [-0.05, 0) is 105 Å². The highest BCUT2D eigenvalue weighted by Crippen LogP contribution is 2.56. The lowest BCUT2D eigenvalue weighted by Crippen LogP contribution is -2.58. The summed E-state index contributed by atoms with van der Waals surface area (Å²) in [6.07, 6.45) is 12.1. The first-order valence-corrected chi connectivity index (χ1v) is 10.7. The molecule has 2 atom stereocenters. The fourth-order valence-electron chi connectivity index (χ4n) is 7.99. The Hall–Kier alpha value is -0.820. The Balaban J connectivity index is 1.23. The lowest BCUT2D eigenvalue weighted by atomic mass is 9.53. The molecule has 6 aliphatic rings. The van der Waals surface area contributed by atoms with Crippen LogP contribution in [0.3, 0.4) is 0 Å². The van der Waals surface area contributed by atoms with Crippen molar-refractivity contribution in [1.29, 1.82) is 0 Å². The van der Waals surface area contributed by atoms with Crippen molar-refractivity contribution in [1.82, 2.24) is 4.90 Å². The van der Waals surface area contributed by atoms with Gasteiger partial charge in [0.25, 0.3) is 0 Å². The van der Waals surface area contributed by atoms with Crippen molar-refractivity contribution in [2.75, 3.05) is 13.1 Å². The van der Waals surface area contributed by atoms with Crippen LogP contribution in [0.25, 0.3) is 0 Å². The average molecular weight is 322 g/mol. The average Bonchev–Trinajstić information content (AvgIpc) is 2.60. The topological polar surface area (TPSA) is 3.24 Å². The molecule has 0 unspecified atom stereocenters. The van der Waals surface area contributed by atoms with Crippen LogP contribution in [0.2, 0.25) is 0 Å². The van der Waals surface area contributed by atoms with Gasteiger partial charge in [0.1, 0.15) is 0 Å². The van der Waals surface area contributed by atoms with Gasteiger partial charge in [0.05, 0.1) is 0 Å². The lowest BCUT2D eigenvalue weighted by molar-refractivity contribution is -0.0789. The molecule has 1 heteroatoms. The fourth-order valence-corrected chi connectivity index (χ4v) is 7.99. The predicted octanol–water partition coefficient (Wildman–Crippen LogP) is 4.86. The molecular weight excluding hydrogens is 290 g/mol. The molecule has 1 saturated heterocycles. The van der Waals surface area contributed by atoms with E-state index >= 15 is 0 Å². The summed E-state index contributed by atoms with van der Waals surface area (Å²) in [4.78, 5) is 3.00. The van der Waals surface area contributed by atoms with Crippen molar-refractivity contribution in [3.8, 4) is 0 Å². The van der Waals surface area contributed by atoms with Gasteiger partial charge >= 0.3 is 0 Å². The number of rotatable bonds is 1. The maximum absolute atomic E-state index is 3.00. The molecule has 1 heterocycles. The number of nitrogens with zero attached hydrogens (tertiary/aromatic N) is 1. The summed E-state index contributed by atoms with van der Waals surface area (Å²) >= 11 is 0. The van der Waals surface area contributed by atoms with Crippen LogP contribution in [-0.2, 0) is 6.42 Å². The molecule has 1 aliphatic heterocycles. The Labute approximate surface area is 146 Å². The number of piperidine rings is 1. The van der Waals surface area contributed by atoms with Crippen LogP contribution < -0.4 is 0 Å². The molecule has 128 valence electrons. The molecule has 1 aromatic carbocycles. The Morgan fingerprint density at radius 1 is 0.792 bits per heavy atom. The molecule has 0 amide bonds. The molecule has 5 aliphatic carbocycles. The maximum Gasteiger partial charge on any atom is 0.0152 e. The van der Waals surface area contributed by atoms with E-state index in [4.69, 9.17) is 0 Å². The maximum atomic E-state index is 3.00. The van der Waals surface area contributed by atoms with Gasteiger partial charge in [-0.1, -0.05) is 24.3 Å². The van der Waals surface area contributed by atoms with Gasteiger partial charge in [-0.15, -0.1) is 0 Å². The van der Waals surface area contributed by atoms with E-state index in [1.54, 1.807) is 43.2 Å². The second kappa shape index (κ2) is 5.34. The SMILES string of the molecule is c1ccc2c(c1)CC[C@H]1CN(C3C4CC5CC(C4)CC3C5)CC[C@@H]21. The molecule has 4 saturated carbocycles. The zero-order chi connectivity index (χ0) is 15.7. The van der Waals surface area contributed by atoms with Gasteiger partial charge in [-0.2, -0.15) is 0 Å². The number of fused-ring (bicyclic) bond motifs is 3. The summed E-state index contributed by atoms with van der Waals surface area (Å²) in [6, 6.07) is 10.3. The third kappa shape index (κ3) is 2.09. The van der Waals surface area contributed by atoms with Crippen molar-refractivity contribution in [2.45, 2.75) is 63.3 Å². The van der Waals surface area contributed by atoms with E-state index in [-0.39, 0.29) is 0 Å². The summed E-state index contributed by atoms with van der Waals surface area (Å²) in [5, 5.41) is 0. The number of likely N-dealkylation sites (tertiary alicyclic amines) is 1. The monoisotopic (exact) mass is 321 g/mol. The highest BCUT2D eigenvalue weighted by atomic mass is 15.2. The van der Waals surface area contributed by atoms with Crippen LogP contribution in [0.4, 0.5) is 0 Å². The number of hydrogen-bond donors (Lipinski definition) is 0. The first-order chi connectivity index (χ1) is 11.8. The number of hydrogen-bond acceptors (Lipinski definition) is 1. The minimum Gasteiger partial charge on any atom is -0.300 e. The predicted molar refractivity (Wildman–Crippen MR) is 98.0 cm³/mol. The highest BCUT2D eigenvalue weighted by molar-refractivity contribution is 5.34. The van der Waals surface area contributed by atoms with E-state index in [2.05, 4.69) is 29.2 Å². The molecule has 24 heavy (non-hydrogen) atoms. The molecule has 5 fully saturated rings. The third-order valence-electron chi connectivity index (χ3n) is 8.60. The van der Waals surface area contributed by atoms with Gasteiger partial charge in [0, 0.05) is 12.6 Å². The van der Waals surface area contributed by atoms with Gasteiger partial charge in [-0.25, -0.2) is 0 Å². The standard InChI is InChI=1S/C23H31N/c1-2-4-21-17(3-1)5-6-18-14-24(8-7-22(18)21)23-19-10-15-9-16(12-19)13-20(23)11-15/h1-4,15-16,18-20,22-23H,5-14H2/t15?,16?,18-,19?,20?,22+,23?/m0/s1. The molecular formula is C23H31N. The van der Waals surface area contributed by atoms with E-state index in [0.29, 0.717) is 0 Å². The van der Waals surface area contributed by atoms with Crippen LogP contribution in [0.1, 0.15) is 62.0 Å². The second-order valence-corrected chi connectivity index (χ2v) is 9.81. The lowest BCUT2D eigenvalue weighted by Gasteiger charge is -2.59. The Morgan fingerprint density at radius 2 is 1.54 bits per heavy atom. The summed E-state index contributed by atoms with van der Waals surface area (Å²) in [6.45, 7) is 2.79. The van der Waals surface area contributed by atoms with Gasteiger partial charge in [0.15, 0.2) is 0 Å². The molecule has 0 spiro atoms. The van der Waals surface area contributed by atoms with E-state index in [0.717, 1.165) is 41.5 Å². The van der Waals surface area contributed by atoms with Gasteiger partial charge < -0.3 is 0 Å². The van der Waals surface area contributed by atoms with E-state index < -0.39 is 0 Å². The van der Waals surface area contributed by atoms with Crippen LogP contribution in [-0.4, -0.2) is 24.0 Å². The fraction of sp³-hybridized carbons (Fsp3) is 0.739. The van der Waals surface area contributed by atoms with Crippen molar-refractivity contribution in [3.05, 3.63) is 35.4 Å². The smallest absolute Gasteiger partial charge is 0.0152 e. The van der Waals surface area contributed by atoms with Crippen LogP contribution in [0, 0.1) is 29.6 Å². The van der Waals surface area contributed by atoms with Crippen molar-refractivity contribution in [2.24, 2.45) is 29.6 Å². The zero-order valence-corrected chi connectivity index (χ0v) is 14.9. The molecule has 4 bridgehead atoms. The Morgan fingerprint density at radius 3 is 2.33 bits per heavy atom. The molecule has 7 rings (SSSR count).